The molecule has 0 bridgehead atoms. The summed E-state index contributed by atoms with van der Waals surface area (Å²) in [5.74, 6) is -0.348. The molecule has 106 valence electrons. The fraction of sp³-hybridized carbons (Fsp3) is 0.583. The summed E-state index contributed by atoms with van der Waals surface area (Å²) in [5, 5.41) is 9.92. The molecule has 1 aromatic heterocycles. The second-order valence-corrected chi connectivity index (χ2v) is 4.67. The Labute approximate surface area is 111 Å². The van der Waals surface area contributed by atoms with Crippen molar-refractivity contribution in [2.24, 2.45) is 19.1 Å². The van der Waals surface area contributed by atoms with Crippen LogP contribution in [0.3, 0.4) is 0 Å². The van der Waals surface area contributed by atoms with Crippen LogP contribution >= 0.6 is 0 Å². The predicted octanol–water partition coefficient (Wildman–Crippen LogP) is -0.840. The molecular formula is C12H20N4O3. The van der Waals surface area contributed by atoms with E-state index in [0.717, 1.165) is 15.7 Å². The molecule has 7 heteroatoms. The molecule has 0 unspecified atom stereocenters. The zero-order valence-corrected chi connectivity index (χ0v) is 12.0. The molecule has 0 spiro atoms. The Balaban J connectivity index is 3.28. The van der Waals surface area contributed by atoms with Crippen LogP contribution in [0, 0.1) is 0 Å². The summed E-state index contributed by atoms with van der Waals surface area (Å²) in [6, 6.07) is 0. The minimum atomic E-state index is -0.563. The Hall–Kier alpha value is -1.89. The molecule has 1 aromatic rings. The summed E-state index contributed by atoms with van der Waals surface area (Å²) in [6.07, 6.45) is 0. The number of likely N-dealkylation sites (N-methyl/N-ethyl adjacent to an activating group) is 1. The monoisotopic (exact) mass is 268 g/mol. The van der Waals surface area contributed by atoms with E-state index in [1.54, 1.807) is 6.92 Å². The van der Waals surface area contributed by atoms with Crippen molar-refractivity contribution in [1.29, 1.82) is 0 Å². The summed E-state index contributed by atoms with van der Waals surface area (Å²) in [7, 11) is 6.63. The molecule has 0 fully saturated rings. The molecule has 0 aromatic carbocycles. The maximum atomic E-state index is 12.0. The van der Waals surface area contributed by atoms with Crippen molar-refractivity contribution in [2.45, 2.75) is 6.92 Å². The third-order valence-corrected chi connectivity index (χ3v) is 2.89. The second kappa shape index (κ2) is 5.83. The molecule has 0 aliphatic rings. The quantitative estimate of drug-likeness (QED) is 0.722. The van der Waals surface area contributed by atoms with Crippen molar-refractivity contribution in [3.05, 3.63) is 26.4 Å². The summed E-state index contributed by atoms with van der Waals surface area (Å²) < 4.78 is 1.99. The lowest BCUT2D eigenvalue weighted by atomic mass is 10.2. The van der Waals surface area contributed by atoms with Crippen molar-refractivity contribution in [3.8, 4) is 5.88 Å². The molecule has 0 aliphatic carbocycles. The van der Waals surface area contributed by atoms with Crippen LogP contribution in [0.25, 0.3) is 0 Å². The maximum absolute atomic E-state index is 12.0. The van der Waals surface area contributed by atoms with Crippen LogP contribution in [0.2, 0.25) is 0 Å². The van der Waals surface area contributed by atoms with E-state index in [0.29, 0.717) is 12.3 Å². The van der Waals surface area contributed by atoms with Gasteiger partial charge in [-0.1, -0.05) is 0 Å². The smallest absolute Gasteiger partial charge is 0.333 e. The van der Waals surface area contributed by atoms with Crippen LogP contribution in [0.5, 0.6) is 5.88 Å². The average molecular weight is 268 g/mol. The Morgan fingerprint density at radius 2 is 1.84 bits per heavy atom. The van der Waals surface area contributed by atoms with Crippen molar-refractivity contribution < 1.29 is 5.11 Å². The minimum absolute atomic E-state index is 0.0726. The Bertz CT molecular complexity index is 611. The van der Waals surface area contributed by atoms with Gasteiger partial charge < -0.3 is 10.0 Å². The summed E-state index contributed by atoms with van der Waals surface area (Å²) in [5.41, 5.74) is -0.599. The van der Waals surface area contributed by atoms with Gasteiger partial charge in [-0.15, -0.1) is 0 Å². The zero-order chi connectivity index (χ0) is 14.7. The fourth-order valence-electron chi connectivity index (χ4n) is 1.65. The van der Waals surface area contributed by atoms with Gasteiger partial charge in [0.15, 0.2) is 0 Å². The first-order chi connectivity index (χ1) is 8.77. The van der Waals surface area contributed by atoms with E-state index in [1.165, 1.54) is 14.1 Å². The van der Waals surface area contributed by atoms with Crippen molar-refractivity contribution in [2.75, 3.05) is 27.2 Å². The van der Waals surface area contributed by atoms with Gasteiger partial charge in [0.1, 0.15) is 5.56 Å². The van der Waals surface area contributed by atoms with Gasteiger partial charge in [-0.3, -0.25) is 18.9 Å². The van der Waals surface area contributed by atoms with E-state index in [4.69, 9.17) is 0 Å². The van der Waals surface area contributed by atoms with Crippen LogP contribution in [0.1, 0.15) is 12.5 Å². The van der Waals surface area contributed by atoms with Crippen LogP contribution < -0.4 is 11.2 Å². The van der Waals surface area contributed by atoms with E-state index in [-0.39, 0.29) is 11.4 Å². The largest absolute Gasteiger partial charge is 0.494 e. The van der Waals surface area contributed by atoms with Crippen molar-refractivity contribution >= 4 is 5.71 Å². The third kappa shape index (κ3) is 3.11. The minimum Gasteiger partial charge on any atom is -0.494 e. The topological polar surface area (TPSA) is 79.8 Å². The Morgan fingerprint density at radius 3 is 2.37 bits per heavy atom. The molecule has 7 nitrogen and oxygen atoms in total. The Kier molecular flexibility index (Phi) is 4.66. The summed E-state index contributed by atoms with van der Waals surface area (Å²) in [6.45, 7) is 2.91. The van der Waals surface area contributed by atoms with Crippen LogP contribution in [-0.4, -0.2) is 52.0 Å². The summed E-state index contributed by atoms with van der Waals surface area (Å²) >= 11 is 0. The lowest BCUT2D eigenvalue weighted by Gasteiger charge is -2.11. The number of aromatic hydroxyl groups is 1. The average Bonchev–Trinajstić information content (AvgIpc) is 2.34. The summed E-state index contributed by atoms with van der Waals surface area (Å²) in [4.78, 5) is 29.8. The van der Waals surface area contributed by atoms with Crippen LogP contribution in [0.4, 0.5) is 0 Å². The van der Waals surface area contributed by atoms with Gasteiger partial charge in [0.25, 0.3) is 5.56 Å². The van der Waals surface area contributed by atoms with E-state index in [9.17, 15) is 14.7 Å². The van der Waals surface area contributed by atoms with Crippen LogP contribution in [0.15, 0.2) is 14.6 Å². The highest BCUT2D eigenvalue weighted by Crippen LogP contribution is 2.09. The highest BCUT2D eigenvalue weighted by Gasteiger charge is 2.16. The van der Waals surface area contributed by atoms with E-state index < -0.39 is 11.2 Å². The van der Waals surface area contributed by atoms with Gasteiger partial charge in [0.05, 0.1) is 6.54 Å². The molecular weight excluding hydrogens is 248 g/mol. The first-order valence-electron chi connectivity index (χ1n) is 5.92. The first kappa shape index (κ1) is 15.2. The number of hydrogen-bond donors (Lipinski definition) is 1. The standard InChI is InChI=1S/C12H20N4O3/c1-8(13-6-7-14(2)3)9-10(17)15(4)12(19)16(5)11(9)18/h17H,6-7H2,1-5H3. The second-order valence-electron chi connectivity index (χ2n) is 4.67. The molecule has 0 radical (unpaired) electrons. The van der Waals surface area contributed by atoms with E-state index >= 15 is 0 Å². The molecule has 0 amide bonds. The van der Waals surface area contributed by atoms with Crippen molar-refractivity contribution in [1.82, 2.24) is 14.0 Å². The normalized spacial score (nSPS) is 12.2. The highest BCUT2D eigenvalue weighted by molar-refractivity contribution is 6.00. The lowest BCUT2D eigenvalue weighted by Crippen LogP contribution is -2.39. The van der Waals surface area contributed by atoms with E-state index in [1.807, 2.05) is 19.0 Å². The number of aromatic nitrogens is 2. The molecule has 1 rings (SSSR count). The molecule has 1 N–H and O–H groups in total. The SMILES string of the molecule is CC(=NCCN(C)C)c1c(O)n(C)c(=O)n(C)c1=O. The Morgan fingerprint density at radius 1 is 1.26 bits per heavy atom. The van der Waals surface area contributed by atoms with Gasteiger partial charge in [-0.05, 0) is 21.0 Å². The fourth-order valence-corrected chi connectivity index (χ4v) is 1.65. The number of hydrogen-bond acceptors (Lipinski definition) is 5. The molecule has 0 saturated carbocycles. The van der Waals surface area contributed by atoms with Crippen molar-refractivity contribution in [3.63, 3.8) is 0 Å². The molecule has 0 atom stereocenters. The van der Waals surface area contributed by atoms with Gasteiger partial charge in [-0.25, -0.2) is 4.79 Å². The third-order valence-electron chi connectivity index (χ3n) is 2.89. The molecule has 19 heavy (non-hydrogen) atoms. The molecule has 1 heterocycles. The zero-order valence-electron chi connectivity index (χ0n) is 12.0. The van der Waals surface area contributed by atoms with Gasteiger partial charge in [0.2, 0.25) is 5.88 Å². The van der Waals surface area contributed by atoms with Gasteiger partial charge >= 0.3 is 5.69 Å². The lowest BCUT2D eigenvalue weighted by molar-refractivity contribution is 0.409. The highest BCUT2D eigenvalue weighted by atomic mass is 16.3. The molecule has 0 aliphatic heterocycles. The van der Waals surface area contributed by atoms with E-state index in [2.05, 4.69) is 4.99 Å². The molecule has 0 saturated heterocycles. The maximum Gasteiger partial charge on any atom is 0.333 e. The number of aliphatic imine (C=N–C) groups is 1. The number of rotatable bonds is 4. The first-order valence-corrected chi connectivity index (χ1v) is 5.92. The van der Waals surface area contributed by atoms with Gasteiger partial charge in [0, 0.05) is 26.4 Å². The predicted molar refractivity (Wildman–Crippen MR) is 74.2 cm³/mol. The van der Waals surface area contributed by atoms with Crippen LogP contribution in [-0.2, 0) is 14.1 Å². The number of nitrogens with zero attached hydrogens (tertiary/aromatic N) is 4. The van der Waals surface area contributed by atoms with Gasteiger partial charge in [-0.2, -0.15) is 0 Å².